The summed E-state index contributed by atoms with van der Waals surface area (Å²) in [4.78, 5) is 8.62. The van der Waals surface area contributed by atoms with Gasteiger partial charge in [0.1, 0.15) is 0 Å². The Bertz CT molecular complexity index is 624. The second-order valence-electron chi connectivity index (χ2n) is 5.96. The van der Waals surface area contributed by atoms with Crippen molar-refractivity contribution in [2.45, 2.75) is 18.8 Å². The van der Waals surface area contributed by atoms with Gasteiger partial charge in [-0.05, 0) is 36.0 Å². The molecule has 1 heterocycles. The van der Waals surface area contributed by atoms with Crippen molar-refractivity contribution >= 4 is 5.96 Å². The molecule has 0 radical (unpaired) electrons. The van der Waals surface area contributed by atoms with Crippen molar-refractivity contribution in [3.63, 3.8) is 0 Å². The average Bonchev–Trinajstić information content (AvgIpc) is 3.39. The van der Waals surface area contributed by atoms with Crippen molar-refractivity contribution in [2.75, 3.05) is 20.1 Å². The number of aromatic nitrogens is 1. The minimum Gasteiger partial charge on any atom is -0.356 e. The van der Waals surface area contributed by atoms with Crippen molar-refractivity contribution in [3.8, 4) is 0 Å². The zero-order chi connectivity index (χ0) is 15.9. The third-order valence-corrected chi connectivity index (χ3v) is 4.31. The van der Waals surface area contributed by atoms with Crippen LogP contribution in [0.1, 0.15) is 23.6 Å². The van der Waals surface area contributed by atoms with E-state index in [2.05, 4.69) is 50.9 Å². The Morgan fingerprint density at radius 1 is 1.13 bits per heavy atom. The lowest BCUT2D eigenvalue weighted by Crippen LogP contribution is -2.39. The van der Waals surface area contributed by atoms with Crippen molar-refractivity contribution in [1.29, 1.82) is 0 Å². The molecule has 0 saturated heterocycles. The molecular weight excluding hydrogens is 284 g/mol. The highest BCUT2D eigenvalue weighted by atomic mass is 15.2. The maximum atomic E-state index is 4.33. The molecule has 2 aromatic rings. The predicted molar refractivity (Wildman–Crippen MR) is 94.6 cm³/mol. The van der Waals surface area contributed by atoms with Gasteiger partial charge in [-0.1, -0.05) is 36.4 Å². The van der Waals surface area contributed by atoms with Gasteiger partial charge in [0.2, 0.25) is 0 Å². The quantitative estimate of drug-likeness (QED) is 0.637. The molecule has 4 heteroatoms. The van der Waals surface area contributed by atoms with E-state index < -0.39 is 0 Å². The van der Waals surface area contributed by atoms with Crippen LogP contribution in [0.25, 0.3) is 0 Å². The van der Waals surface area contributed by atoms with Crippen LogP contribution < -0.4 is 10.6 Å². The van der Waals surface area contributed by atoms with Crippen LogP contribution in [0.15, 0.2) is 59.7 Å². The number of pyridine rings is 1. The van der Waals surface area contributed by atoms with E-state index >= 15 is 0 Å². The van der Waals surface area contributed by atoms with E-state index in [4.69, 9.17) is 0 Å². The molecule has 0 bridgehead atoms. The highest BCUT2D eigenvalue weighted by Crippen LogP contribution is 2.46. The largest absolute Gasteiger partial charge is 0.356 e. The summed E-state index contributed by atoms with van der Waals surface area (Å²) in [5, 5.41) is 6.79. The SMILES string of the molecule is CN=C(NCCc1ccccn1)NCC1CC1c1ccccc1. The Hall–Kier alpha value is -2.36. The third kappa shape index (κ3) is 4.55. The van der Waals surface area contributed by atoms with Gasteiger partial charge in [-0.25, -0.2) is 0 Å². The van der Waals surface area contributed by atoms with Gasteiger partial charge in [0, 0.05) is 38.4 Å². The first-order chi connectivity index (χ1) is 11.4. The molecule has 1 fully saturated rings. The van der Waals surface area contributed by atoms with Crippen LogP contribution in [-0.4, -0.2) is 31.1 Å². The molecule has 120 valence electrons. The van der Waals surface area contributed by atoms with Gasteiger partial charge in [-0.2, -0.15) is 0 Å². The minimum absolute atomic E-state index is 0.704. The zero-order valence-corrected chi connectivity index (χ0v) is 13.6. The standard InChI is InChI=1S/C19H24N4/c1-20-19(22-12-10-17-9-5-6-11-21-17)23-14-16-13-18(16)15-7-3-2-4-8-15/h2-9,11,16,18H,10,12-14H2,1H3,(H2,20,22,23). The van der Waals surface area contributed by atoms with E-state index in [1.165, 1.54) is 12.0 Å². The summed E-state index contributed by atoms with van der Waals surface area (Å²) in [5.41, 5.74) is 2.55. The Morgan fingerprint density at radius 2 is 1.96 bits per heavy atom. The highest BCUT2D eigenvalue weighted by molar-refractivity contribution is 5.79. The number of guanidine groups is 1. The predicted octanol–water partition coefficient (Wildman–Crippen LogP) is 2.59. The summed E-state index contributed by atoms with van der Waals surface area (Å²) in [7, 11) is 1.82. The number of aliphatic imine (C=N–C) groups is 1. The molecule has 0 spiro atoms. The van der Waals surface area contributed by atoms with E-state index in [1.807, 2.05) is 31.4 Å². The molecule has 23 heavy (non-hydrogen) atoms. The number of hydrogen-bond acceptors (Lipinski definition) is 2. The average molecular weight is 308 g/mol. The Kier molecular flexibility index (Phi) is 5.25. The number of benzene rings is 1. The monoisotopic (exact) mass is 308 g/mol. The maximum Gasteiger partial charge on any atom is 0.190 e. The zero-order valence-electron chi connectivity index (χ0n) is 13.6. The minimum atomic E-state index is 0.704. The van der Waals surface area contributed by atoms with Gasteiger partial charge in [0.05, 0.1) is 0 Å². The van der Waals surface area contributed by atoms with Gasteiger partial charge >= 0.3 is 0 Å². The summed E-state index contributed by atoms with van der Waals surface area (Å²) < 4.78 is 0. The van der Waals surface area contributed by atoms with Crippen molar-refractivity contribution < 1.29 is 0 Å². The van der Waals surface area contributed by atoms with Crippen molar-refractivity contribution in [3.05, 3.63) is 66.0 Å². The molecule has 0 amide bonds. The van der Waals surface area contributed by atoms with Gasteiger partial charge in [0.15, 0.2) is 5.96 Å². The second kappa shape index (κ2) is 7.77. The first kappa shape index (κ1) is 15.5. The second-order valence-corrected chi connectivity index (χ2v) is 5.96. The van der Waals surface area contributed by atoms with Crippen molar-refractivity contribution in [1.82, 2.24) is 15.6 Å². The molecule has 1 aliphatic rings. The summed E-state index contributed by atoms with van der Waals surface area (Å²) in [6.45, 7) is 1.81. The first-order valence-electron chi connectivity index (χ1n) is 8.26. The van der Waals surface area contributed by atoms with Crippen LogP contribution >= 0.6 is 0 Å². The summed E-state index contributed by atoms with van der Waals surface area (Å²) in [6.07, 6.45) is 4.00. The van der Waals surface area contributed by atoms with E-state index in [9.17, 15) is 0 Å². The Balaban J connectivity index is 1.38. The molecule has 1 aromatic heterocycles. The molecule has 3 rings (SSSR count). The fourth-order valence-electron chi connectivity index (χ4n) is 2.89. The van der Waals surface area contributed by atoms with Gasteiger partial charge in [0.25, 0.3) is 0 Å². The van der Waals surface area contributed by atoms with Crippen LogP contribution in [0.2, 0.25) is 0 Å². The van der Waals surface area contributed by atoms with Gasteiger partial charge in [-0.3, -0.25) is 9.98 Å². The van der Waals surface area contributed by atoms with Crippen LogP contribution in [0, 0.1) is 5.92 Å². The molecule has 2 unspecified atom stereocenters. The summed E-state index contributed by atoms with van der Waals surface area (Å²) >= 11 is 0. The Labute approximate surface area is 138 Å². The van der Waals surface area contributed by atoms with Crippen LogP contribution in [0.3, 0.4) is 0 Å². The molecule has 1 aromatic carbocycles. The van der Waals surface area contributed by atoms with Crippen LogP contribution in [0.4, 0.5) is 0 Å². The van der Waals surface area contributed by atoms with E-state index in [0.717, 1.165) is 31.2 Å². The molecule has 2 N–H and O–H groups in total. The molecule has 1 saturated carbocycles. The fourth-order valence-corrected chi connectivity index (χ4v) is 2.89. The van der Waals surface area contributed by atoms with E-state index in [-0.39, 0.29) is 0 Å². The van der Waals surface area contributed by atoms with E-state index in [1.54, 1.807) is 0 Å². The summed E-state index contributed by atoms with van der Waals surface area (Å²) in [5.74, 6) is 2.29. The van der Waals surface area contributed by atoms with Gasteiger partial charge in [-0.15, -0.1) is 0 Å². The normalized spacial score (nSPS) is 20.1. The lowest BCUT2D eigenvalue weighted by Gasteiger charge is -2.11. The third-order valence-electron chi connectivity index (χ3n) is 4.31. The molecular formula is C19H24N4. The molecule has 4 nitrogen and oxygen atoms in total. The summed E-state index contributed by atoms with van der Waals surface area (Å²) in [6, 6.07) is 16.8. The number of nitrogens with zero attached hydrogens (tertiary/aromatic N) is 2. The fraction of sp³-hybridized carbons (Fsp3) is 0.368. The number of rotatable bonds is 6. The smallest absolute Gasteiger partial charge is 0.190 e. The van der Waals surface area contributed by atoms with Crippen LogP contribution in [0.5, 0.6) is 0 Å². The van der Waals surface area contributed by atoms with Crippen LogP contribution in [-0.2, 0) is 6.42 Å². The topological polar surface area (TPSA) is 49.3 Å². The lowest BCUT2D eigenvalue weighted by atomic mass is 10.1. The number of hydrogen-bond donors (Lipinski definition) is 2. The molecule has 1 aliphatic carbocycles. The molecule has 0 aliphatic heterocycles. The highest BCUT2D eigenvalue weighted by Gasteiger charge is 2.37. The maximum absolute atomic E-state index is 4.33. The number of nitrogens with one attached hydrogen (secondary N) is 2. The molecule has 2 atom stereocenters. The van der Waals surface area contributed by atoms with E-state index in [0.29, 0.717) is 11.8 Å². The Morgan fingerprint density at radius 3 is 2.70 bits per heavy atom. The lowest BCUT2D eigenvalue weighted by molar-refractivity contribution is 0.715. The van der Waals surface area contributed by atoms with Crippen molar-refractivity contribution in [2.24, 2.45) is 10.9 Å². The van der Waals surface area contributed by atoms with Gasteiger partial charge < -0.3 is 10.6 Å². The first-order valence-corrected chi connectivity index (χ1v) is 8.26.